The minimum atomic E-state index is 1.02. The van der Waals surface area contributed by atoms with E-state index in [0.717, 1.165) is 15.9 Å². The first-order valence-electron chi connectivity index (χ1n) is 4.06. The van der Waals surface area contributed by atoms with Gasteiger partial charge in [0, 0.05) is 17.8 Å². The average Bonchev–Trinajstić information content (AvgIpc) is 2.17. The minimum Gasteiger partial charge on any atom is -0.264 e. The Morgan fingerprint density at radius 2 is 2.23 bits per heavy atom. The van der Waals surface area contributed by atoms with Gasteiger partial charge >= 0.3 is 0 Å². The fraction of sp³-hybridized carbons (Fsp3) is 0.200. The largest absolute Gasteiger partial charge is 0.264 e. The summed E-state index contributed by atoms with van der Waals surface area (Å²) in [4.78, 5) is 8.58. The molecule has 0 saturated heterocycles. The fourth-order valence-electron chi connectivity index (χ4n) is 1.31. The van der Waals surface area contributed by atoms with Gasteiger partial charge < -0.3 is 0 Å². The second kappa shape index (κ2) is 3.34. The Bertz CT molecular complexity index is 440. The van der Waals surface area contributed by atoms with Crippen molar-refractivity contribution < 1.29 is 0 Å². The molecule has 0 saturated carbocycles. The molecular weight excluding hydrogens is 180 g/mol. The van der Waals surface area contributed by atoms with E-state index < -0.39 is 0 Å². The molecule has 0 aromatic carbocycles. The van der Waals surface area contributed by atoms with Crippen LogP contribution in [-0.2, 0) is 0 Å². The van der Waals surface area contributed by atoms with Crippen LogP contribution in [-0.4, -0.2) is 16.2 Å². The molecule has 0 aliphatic carbocycles. The summed E-state index contributed by atoms with van der Waals surface area (Å²) in [5.74, 6) is 0. The standard InChI is InChI=1S/C10H10N2S/c1-7-5-8-6-11-4-3-9(8)12-10(7)13-2/h3-6H,1-2H3. The number of pyridine rings is 2. The number of aryl methyl sites for hydroxylation is 1. The predicted molar refractivity (Wildman–Crippen MR) is 56.1 cm³/mol. The van der Waals surface area contributed by atoms with Crippen molar-refractivity contribution in [2.24, 2.45) is 0 Å². The van der Waals surface area contributed by atoms with E-state index in [1.165, 1.54) is 5.56 Å². The molecule has 0 aliphatic heterocycles. The number of thioether (sulfide) groups is 1. The molecule has 0 bridgehead atoms. The predicted octanol–water partition coefficient (Wildman–Crippen LogP) is 2.66. The summed E-state index contributed by atoms with van der Waals surface area (Å²) in [7, 11) is 0. The second-order valence-electron chi connectivity index (χ2n) is 2.88. The van der Waals surface area contributed by atoms with Crippen molar-refractivity contribution in [3.05, 3.63) is 30.1 Å². The monoisotopic (exact) mass is 190 g/mol. The van der Waals surface area contributed by atoms with Crippen LogP contribution in [0.25, 0.3) is 10.9 Å². The minimum absolute atomic E-state index is 1.02. The van der Waals surface area contributed by atoms with Crippen LogP contribution in [0.15, 0.2) is 29.6 Å². The van der Waals surface area contributed by atoms with Crippen LogP contribution in [0.3, 0.4) is 0 Å². The van der Waals surface area contributed by atoms with E-state index in [4.69, 9.17) is 0 Å². The number of rotatable bonds is 1. The molecule has 2 heterocycles. The van der Waals surface area contributed by atoms with Crippen molar-refractivity contribution in [2.45, 2.75) is 11.9 Å². The van der Waals surface area contributed by atoms with Crippen LogP contribution in [0.4, 0.5) is 0 Å². The van der Waals surface area contributed by atoms with Crippen LogP contribution < -0.4 is 0 Å². The average molecular weight is 190 g/mol. The number of aromatic nitrogens is 2. The Kier molecular flexibility index (Phi) is 2.19. The molecule has 2 aromatic rings. The van der Waals surface area contributed by atoms with Crippen molar-refractivity contribution in [3.63, 3.8) is 0 Å². The molecule has 13 heavy (non-hydrogen) atoms. The van der Waals surface area contributed by atoms with Crippen molar-refractivity contribution in [2.75, 3.05) is 6.26 Å². The smallest absolute Gasteiger partial charge is 0.0994 e. The summed E-state index contributed by atoms with van der Waals surface area (Å²) in [6, 6.07) is 4.07. The molecule has 2 aromatic heterocycles. The van der Waals surface area contributed by atoms with Crippen molar-refractivity contribution in [3.8, 4) is 0 Å². The van der Waals surface area contributed by atoms with E-state index >= 15 is 0 Å². The number of fused-ring (bicyclic) bond motifs is 1. The van der Waals surface area contributed by atoms with Gasteiger partial charge in [0.15, 0.2) is 0 Å². The third kappa shape index (κ3) is 1.52. The highest BCUT2D eigenvalue weighted by molar-refractivity contribution is 7.98. The first-order valence-corrected chi connectivity index (χ1v) is 5.29. The van der Waals surface area contributed by atoms with Crippen LogP contribution in [0.1, 0.15) is 5.56 Å². The molecule has 2 nitrogen and oxygen atoms in total. The highest BCUT2D eigenvalue weighted by atomic mass is 32.2. The quantitative estimate of drug-likeness (QED) is 0.646. The molecule has 2 rings (SSSR count). The van der Waals surface area contributed by atoms with Gasteiger partial charge in [-0.05, 0) is 30.9 Å². The maximum absolute atomic E-state index is 4.52. The summed E-state index contributed by atoms with van der Waals surface area (Å²) in [6.45, 7) is 2.07. The van der Waals surface area contributed by atoms with Gasteiger partial charge in [0.05, 0.1) is 10.5 Å². The zero-order valence-electron chi connectivity index (χ0n) is 7.61. The van der Waals surface area contributed by atoms with E-state index in [1.807, 2.05) is 18.5 Å². The van der Waals surface area contributed by atoms with Gasteiger partial charge in [0.1, 0.15) is 0 Å². The maximum atomic E-state index is 4.52. The molecule has 0 fully saturated rings. The van der Waals surface area contributed by atoms with Crippen molar-refractivity contribution in [1.82, 2.24) is 9.97 Å². The van der Waals surface area contributed by atoms with E-state index in [0.29, 0.717) is 0 Å². The lowest BCUT2D eigenvalue weighted by Gasteiger charge is -2.03. The normalized spacial score (nSPS) is 10.6. The third-order valence-corrected chi connectivity index (χ3v) is 2.75. The van der Waals surface area contributed by atoms with Gasteiger partial charge in [-0.2, -0.15) is 0 Å². The van der Waals surface area contributed by atoms with Gasteiger partial charge in [-0.25, -0.2) is 4.98 Å². The summed E-state index contributed by atoms with van der Waals surface area (Å²) >= 11 is 1.68. The molecule has 0 spiro atoms. The SMILES string of the molecule is CSc1nc2ccncc2cc1C. The highest BCUT2D eigenvalue weighted by Crippen LogP contribution is 2.21. The maximum Gasteiger partial charge on any atom is 0.0994 e. The number of hydrogen-bond donors (Lipinski definition) is 0. The second-order valence-corrected chi connectivity index (χ2v) is 3.68. The molecule has 0 aliphatic rings. The molecule has 0 radical (unpaired) electrons. The molecule has 0 amide bonds. The van der Waals surface area contributed by atoms with Gasteiger partial charge in [0.25, 0.3) is 0 Å². The molecule has 0 unspecified atom stereocenters. The van der Waals surface area contributed by atoms with Crippen LogP contribution >= 0.6 is 11.8 Å². The van der Waals surface area contributed by atoms with E-state index in [-0.39, 0.29) is 0 Å². The topological polar surface area (TPSA) is 25.8 Å². The van der Waals surface area contributed by atoms with E-state index in [9.17, 15) is 0 Å². The van der Waals surface area contributed by atoms with Crippen molar-refractivity contribution in [1.29, 1.82) is 0 Å². The molecule has 0 atom stereocenters. The zero-order chi connectivity index (χ0) is 9.26. The molecular formula is C10H10N2S. The van der Waals surface area contributed by atoms with Gasteiger partial charge in [-0.3, -0.25) is 4.98 Å². The highest BCUT2D eigenvalue weighted by Gasteiger charge is 2.00. The molecule has 66 valence electrons. The summed E-state index contributed by atoms with van der Waals surface area (Å²) in [5.41, 5.74) is 2.23. The summed E-state index contributed by atoms with van der Waals surface area (Å²) < 4.78 is 0. The van der Waals surface area contributed by atoms with Gasteiger partial charge in [0.2, 0.25) is 0 Å². The Hall–Kier alpha value is -1.09. The Balaban J connectivity index is 2.74. The van der Waals surface area contributed by atoms with Crippen LogP contribution in [0.5, 0.6) is 0 Å². The first-order chi connectivity index (χ1) is 6.31. The fourth-order valence-corrected chi connectivity index (χ4v) is 1.88. The van der Waals surface area contributed by atoms with E-state index in [1.54, 1.807) is 18.0 Å². The lowest BCUT2D eigenvalue weighted by Crippen LogP contribution is -1.87. The Morgan fingerprint density at radius 3 is 3.00 bits per heavy atom. The zero-order valence-corrected chi connectivity index (χ0v) is 8.43. The Labute approximate surface area is 81.4 Å². The van der Waals surface area contributed by atoms with E-state index in [2.05, 4.69) is 23.0 Å². The number of hydrogen-bond acceptors (Lipinski definition) is 3. The summed E-state index contributed by atoms with van der Waals surface area (Å²) in [5, 5.41) is 2.21. The van der Waals surface area contributed by atoms with Crippen molar-refractivity contribution >= 4 is 22.7 Å². The van der Waals surface area contributed by atoms with Gasteiger partial charge in [-0.1, -0.05) is 0 Å². The lowest BCUT2D eigenvalue weighted by molar-refractivity contribution is 1.12. The summed E-state index contributed by atoms with van der Waals surface area (Å²) in [6.07, 6.45) is 5.66. The van der Waals surface area contributed by atoms with Crippen LogP contribution in [0.2, 0.25) is 0 Å². The van der Waals surface area contributed by atoms with Crippen LogP contribution in [0, 0.1) is 6.92 Å². The molecule has 0 N–H and O–H groups in total. The third-order valence-electron chi connectivity index (χ3n) is 1.95. The number of nitrogens with zero attached hydrogens (tertiary/aromatic N) is 2. The lowest BCUT2D eigenvalue weighted by atomic mass is 10.2. The van der Waals surface area contributed by atoms with Gasteiger partial charge in [-0.15, -0.1) is 11.8 Å². The Morgan fingerprint density at radius 1 is 1.38 bits per heavy atom. The first kappa shape index (κ1) is 8.51. The molecule has 3 heteroatoms.